The van der Waals surface area contributed by atoms with Crippen LogP contribution in [0.1, 0.15) is 45.2 Å². The minimum atomic E-state index is -0.743. The highest BCUT2D eigenvalue weighted by Crippen LogP contribution is 2.15. The molecule has 0 saturated carbocycles. The van der Waals surface area contributed by atoms with Crippen LogP contribution in [0.3, 0.4) is 0 Å². The Morgan fingerprint density at radius 3 is 2.12 bits per heavy atom. The first kappa shape index (κ1) is 23.5. The van der Waals surface area contributed by atoms with Crippen molar-refractivity contribution in [2.45, 2.75) is 33.3 Å². The van der Waals surface area contributed by atoms with E-state index in [0.29, 0.717) is 29.0 Å². The van der Waals surface area contributed by atoms with Crippen LogP contribution in [0.2, 0.25) is 0 Å². The molecule has 0 aliphatic heterocycles. The number of carbonyl (C=O) groups excluding carboxylic acids is 3. The van der Waals surface area contributed by atoms with Gasteiger partial charge in [-0.05, 0) is 68.3 Å². The highest BCUT2D eigenvalue weighted by molar-refractivity contribution is 6.05. The van der Waals surface area contributed by atoms with Gasteiger partial charge in [-0.1, -0.05) is 42.8 Å². The lowest BCUT2D eigenvalue weighted by molar-refractivity contribution is -0.128. The molecule has 3 rings (SSSR count). The first-order valence-electron chi connectivity index (χ1n) is 10.7. The fraction of sp³-hybridized carbons (Fsp3) is 0.192. The van der Waals surface area contributed by atoms with Crippen molar-refractivity contribution in [1.29, 1.82) is 0 Å². The van der Waals surface area contributed by atoms with E-state index >= 15 is 0 Å². The van der Waals surface area contributed by atoms with Crippen molar-refractivity contribution in [2.24, 2.45) is 0 Å². The molecule has 0 aliphatic carbocycles. The summed E-state index contributed by atoms with van der Waals surface area (Å²) in [5.41, 5.74) is 8.24. The molecule has 0 fully saturated rings. The van der Waals surface area contributed by atoms with Crippen LogP contribution < -0.4 is 20.9 Å². The summed E-state index contributed by atoms with van der Waals surface area (Å²) in [6.45, 7) is 5.66. The molecule has 7 heteroatoms. The van der Waals surface area contributed by atoms with E-state index in [9.17, 15) is 14.4 Å². The van der Waals surface area contributed by atoms with E-state index < -0.39 is 17.9 Å². The molecule has 3 aromatic rings. The second kappa shape index (κ2) is 10.9. The van der Waals surface area contributed by atoms with Gasteiger partial charge in [-0.2, -0.15) is 0 Å². The van der Waals surface area contributed by atoms with Gasteiger partial charge in [0.15, 0.2) is 6.10 Å². The Bertz CT molecular complexity index is 1130. The Morgan fingerprint density at radius 2 is 1.48 bits per heavy atom. The van der Waals surface area contributed by atoms with Crippen LogP contribution in [0.25, 0.3) is 0 Å². The SMILES string of the molecule is CCC(Oc1ccc(C)cc1)C(=O)NNC(=O)c1ccc(NC(=O)c2ccccc2C)cc1. The standard InChI is InChI=1S/C26H27N3O4/c1-4-23(33-21-15-9-17(2)10-16-21)26(32)29-28-24(30)19-11-13-20(14-12-19)27-25(31)22-8-6-5-7-18(22)3/h5-16,23H,4H2,1-3H3,(H,27,31)(H,28,30)(H,29,32). The van der Waals surface area contributed by atoms with Gasteiger partial charge in [-0.15, -0.1) is 0 Å². The molecule has 0 heterocycles. The fourth-order valence-electron chi connectivity index (χ4n) is 3.11. The maximum Gasteiger partial charge on any atom is 0.279 e. The predicted octanol–water partition coefficient (Wildman–Crippen LogP) is 4.17. The Labute approximate surface area is 193 Å². The van der Waals surface area contributed by atoms with E-state index in [0.717, 1.165) is 11.1 Å². The van der Waals surface area contributed by atoms with Gasteiger partial charge in [-0.3, -0.25) is 25.2 Å². The molecule has 1 unspecified atom stereocenters. The summed E-state index contributed by atoms with van der Waals surface area (Å²) in [4.78, 5) is 37.2. The molecule has 3 aromatic carbocycles. The minimum absolute atomic E-state index is 0.225. The highest BCUT2D eigenvalue weighted by Gasteiger charge is 2.19. The number of rotatable bonds is 7. The van der Waals surface area contributed by atoms with Crippen molar-refractivity contribution in [1.82, 2.24) is 10.9 Å². The smallest absolute Gasteiger partial charge is 0.279 e. The van der Waals surface area contributed by atoms with Crippen LogP contribution in [0.15, 0.2) is 72.8 Å². The van der Waals surface area contributed by atoms with E-state index in [-0.39, 0.29) is 5.91 Å². The monoisotopic (exact) mass is 445 g/mol. The lowest BCUT2D eigenvalue weighted by Crippen LogP contribution is -2.47. The molecule has 3 N–H and O–H groups in total. The van der Waals surface area contributed by atoms with Crippen molar-refractivity contribution in [3.63, 3.8) is 0 Å². The molecule has 33 heavy (non-hydrogen) atoms. The van der Waals surface area contributed by atoms with Crippen molar-refractivity contribution >= 4 is 23.4 Å². The molecule has 7 nitrogen and oxygen atoms in total. The Balaban J connectivity index is 1.53. The van der Waals surface area contributed by atoms with Gasteiger partial charge in [0.25, 0.3) is 17.7 Å². The summed E-state index contributed by atoms with van der Waals surface area (Å²) in [5, 5.41) is 2.81. The van der Waals surface area contributed by atoms with Crippen LogP contribution in [0.4, 0.5) is 5.69 Å². The molecule has 0 aromatic heterocycles. The number of hydrogen-bond donors (Lipinski definition) is 3. The second-order valence-corrected chi connectivity index (χ2v) is 7.62. The summed E-state index contributed by atoms with van der Waals surface area (Å²) < 4.78 is 5.71. The second-order valence-electron chi connectivity index (χ2n) is 7.62. The molecular formula is C26H27N3O4. The molecular weight excluding hydrogens is 418 g/mol. The molecule has 3 amide bonds. The largest absolute Gasteiger partial charge is 0.481 e. The fourth-order valence-corrected chi connectivity index (χ4v) is 3.11. The quantitative estimate of drug-likeness (QED) is 0.476. The summed E-state index contributed by atoms with van der Waals surface area (Å²) in [7, 11) is 0. The Hall–Kier alpha value is -4.13. The first-order valence-corrected chi connectivity index (χ1v) is 10.7. The van der Waals surface area contributed by atoms with E-state index in [1.54, 1.807) is 48.5 Å². The number of hydrogen-bond acceptors (Lipinski definition) is 4. The molecule has 0 spiro atoms. The van der Waals surface area contributed by atoms with E-state index in [2.05, 4.69) is 16.2 Å². The number of hydrazine groups is 1. The Kier molecular flexibility index (Phi) is 7.81. The number of carbonyl (C=O) groups is 3. The van der Waals surface area contributed by atoms with Crippen molar-refractivity contribution in [2.75, 3.05) is 5.32 Å². The van der Waals surface area contributed by atoms with E-state index in [4.69, 9.17) is 4.74 Å². The molecule has 170 valence electrons. The molecule has 0 radical (unpaired) electrons. The summed E-state index contributed by atoms with van der Waals surface area (Å²) in [5.74, 6) is -0.576. The van der Waals surface area contributed by atoms with Crippen LogP contribution in [0, 0.1) is 13.8 Å². The lowest BCUT2D eigenvalue weighted by Gasteiger charge is -2.17. The number of aryl methyl sites for hydroxylation is 2. The number of ether oxygens (including phenoxy) is 1. The average Bonchev–Trinajstić information content (AvgIpc) is 2.82. The summed E-state index contributed by atoms with van der Waals surface area (Å²) in [6.07, 6.45) is -0.308. The van der Waals surface area contributed by atoms with E-state index in [1.807, 2.05) is 45.0 Å². The summed E-state index contributed by atoms with van der Waals surface area (Å²) >= 11 is 0. The van der Waals surface area contributed by atoms with Crippen LogP contribution in [-0.2, 0) is 4.79 Å². The third-order valence-corrected chi connectivity index (χ3v) is 5.06. The van der Waals surface area contributed by atoms with Crippen molar-refractivity contribution in [3.05, 3.63) is 95.1 Å². The maximum atomic E-state index is 12.4. The van der Waals surface area contributed by atoms with E-state index in [1.165, 1.54) is 0 Å². The number of anilines is 1. The van der Waals surface area contributed by atoms with Gasteiger partial charge in [0.1, 0.15) is 5.75 Å². The van der Waals surface area contributed by atoms with Gasteiger partial charge in [0.2, 0.25) is 0 Å². The van der Waals surface area contributed by atoms with Gasteiger partial charge in [-0.25, -0.2) is 0 Å². The average molecular weight is 446 g/mol. The van der Waals surface area contributed by atoms with Crippen molar-refractivity contribution in [3.8, 4) is 5.75 Å². The predicted molar refractivity (Wildman–Crippen MR) is 127 cm³/mol. The van der Waals surface area contributed by atoms with Gasteiger partial charge < -0.3 is 10.1 Å². The zero-order valence-corrected chi connectivity index (χ0v) is 18.8. The molecule has 1 atom stereocenters. The number of amides is 3. The van der Waals surface area contributed by atoms with Crippen LogP contribution >= 0.6 is 0 Å². The minimum Gasteiger partial charge on any atom is -0.481 e. The third kappa shape index (κ3) is 6.43. The molecule has 0 saturated heterocycles. The van der Waals surface area contributed by atoms with Crippen LogP contribution in [0.5, 0.6) is 5.75 Å². The van der Waals surface area contributed by atoms with Gasteiger partial charge >= 0.3 is 0 Å². The lowest BCUT2D eigenvalue weighted by atomic mass is 10.1. The third-order valence-electron chi connectivity index (χ3n) is 5.06. The molecule has 0 aliphatic rings. The van der Waals surface area contributed by atoms with Gasteiger partial charge in [0, 0.05) is 16.8 Å². The first-order chi connectivity index (χ1) is 15.9. The van der Waals surface area contributed by atoms with Crippen LogP contribution in [-0.4, -0.2) is 23.8 Å². The molecule has 0 bridgehead atoms. The zero-order chi connectivity index (χ0) is 23.8. The summed E-state index contributed by atoms with van der Waals surface area (Å²) in [6, 6.07) is 21.1. The van der Waals surface area contributed by atoms with Crippen molar-refractivity contribution < 1.29 is 19.1 Å². The number of nitrogens with one attached hydrogen (secondary N) is 3. The maximum absolute atomic E-state index is 12.4. The highest BCUT2D eigenvalue weighted by atomic mass is 16.5. The normalized spacial score (nSPS) is 11.2. The van der Waals surface area contributed by atoms with Gasteiger partial charge in [0.05, 0.1) is 0 Å². The number of benzene rings is 3. The Morgan fingerprint density at radius 1 is 0.818 bits per heavy atom. The zero-order valence-electron chi connectivity index (χ0n) is 18.8. The topological polar surface area (TPSA) is 96.5 Å².